The van der Waals surface area contributed by atoms with Gasteiger partial charge in [-0.15, -0.1) is 0 Å². The standard InChI is InChI=1S/C15H20O3/c1-5-17-13(12-9-7-6-8-10-12)11-14(16)18-15(2,3)4/h6-11H,5H2,1-4H3/b13-11+. The molecule has 1 aromatic rings. The van der Waals surface area contributed by atoms with Gasteiger partial charge in [0.15, 0.2) is 0 Å². The molecule has 0 aromatic heterocycles. The van der Waals surface area contributed by atoms with E-state index < -0.39 is 11.6 Å². The molecule has 0 amide bonds. The van der Waals surface area contributed by atoms with Crippen molar-refractivity contribution >= 4 is 11.7 Å². The molecule has 1 rings (SSSR count). The van der Waals surface area contributed by atoms with Crippen molar-refractivity contribution in [3.8, 4) is 0 Å². The van der Waals surface area contributed by atoms with Gasteiger partial charge in [-0.05, 0) is 27.7 Å². The van der Waals surface area contributed by atoms with E-state index >= 15 is 0 Å². The Morgan fingerprint density at radius 2 is 1.83 bits per heavy atom. The monoisotopic (exact) mass is 248 g/mol. The van der Waals surface area contributed by atoms with Gasteiger partial charge in [0, 0.05) is 5.56 Å². The topological polar surface area (TPSA) is 35.5 Å². The molecule has 0 N–H and O–H groups in total. The molecular weight excluding hydrogens is 228 g/mol. The van der Waals surface area contributed by atoms with E-state index in [0.717, 1.165) is 5.56 Å². The highest BCUT2D eigenvalue weighted by molar-refractivity contribution is 5.90. The number of rotatable bonds is 4. The molecule has 0 aliphatic carbocycles. The second-order valence-electron chi connectivity index (χ2n) is 4.84. The van der Waals surface area contributed by atoms with Crippen LogP contribution < -0.4 is 0 Å². The average molecular weight is 248 g/mol. The van der Waals surface area contributed by atoms with Crippen LogP contribution in [0.5, 0.6) is 0 Å². The molecule has 0 fully saturated rings. The normalized spacial score (nSPS) is 12.1. The second kappa shape index (κ2) is 6.24. The number of hydrogen-bond acceptors (Lipinski definition) is 3. The van der Waals surface area contributed by atoms with E-state index in [4.69, 9.17) is 9.47 Å². The quantitative estimate of drug-likeness (QED) is 0.465. The lowest BCUT2D eigenvalue weighted by atomic mass is 10.1. The fourth-order valence-electron chi connectivity index (χ4n) is 1.40. The van der Waals surface area contributed by atoms with Gasteiger partial charge in [-0.25, -0.2) is 4.79 Å². The molecule has 0 spiro atoms. The van der Waals surface area contributed by atoms with E-state index in [2.05, 4.69) is 0 Å². The minimum atomic E-state index is -0.498. The van der Waals surface area contributed by atoms with Crippen LogP contribution in [0.3, 0.4) is 0 Å². The molecular formula is C15H20O3. The number of ether oxygens (including phenoxy) is 2. The van der Waals surface area contributed by atoms with Gasteiger partial charge in [0.25, 0.3) is 0 Å². The Hall–Kier alpha value is -1.77. The molecule has 0 saturated heterocycles. The summed E-state index contributed by atoms with van der Waals surface area (Å²) in [5.74, 6) is 0.141. The Bertz CT molecular complexity index is 413. The molecule has 0 aliphatic rings. The highest BCUT2D eigenvalue weighted by atomic mass is 16.6. The van der Waals surface area contributed by atoms with E-state index in [1.807, 2.05) is 58.0 Å². The van der Waals surface area contributed by atoms with Gasteiger partial charge in [0.05, 0.1) is 12.7 Å². The first-order chi connectivity index (χ1) is 8.42. The molecule has 0 radical (unpaired) electrons. The molecule has 3 heteroatoms. The lowest BCUT2D eigenvalue weighted by molar-refractivity contribution is -0.148. The Morgan fingerprint density at radius 3 is 2.33 bits per heavy atom. The van der Waals surface area contributed by atoms with E-state index in [-0.39, 0.29) is 0 Å². The van der Waals surface area contributed by atoms with Crippen LogP contribution in [0, 0.1) is 0 Å². The van der Waals surface area contributed by atoms with Crippen molar-refractivity contribution in [3.05, 3.63) is 42.0 Å². The third-order valence-electron chi connectivity index (χ3n) is 2.01. The third kappa shape index (κ3) is 5.04. The van der Waals surface area contributed by atoms with Crippen LogP contribution in [0.25, 0.3) is 5.76 Å². The van der Waals surface area contributed by atoms with Crippen molar-refractivity contribution in [2.75, 3.05) is 6.61 Å². The van der Waals surface area contributed by atoms with E-state index in [9.17, 15) is 4.79 Å². The third-order valence-corrected chi connectivity index (χ3v) is 2.01. The fourth-order valence-corrected chi connectivity index (χ4v) is 1.40. The van der Waals surface area contributed by atoms with Crippen LogP contribution in [-0.2, 0) is 14.3 Å². The minimum Gasteiger partial charge on any atom is -0.493 e. The largest absolute Gasteiger partial charge is 0.493 e. The fraction of sp³-hybridized carbons (Fsp3) is 0.400. The highest BCUT2D eigenvalue weighted by Crippen LogP contribution is 2.17. The summed E-state index contributed by atoms with van der Waals surface area (Å²) in [6, 6.07) is 9.51. The highest BCUT2D eigenvalue weighted by Gasteiger charge is 2.16. The van der Waals surface area contributed by atoms with Crippen molar-refractivity contribution < 1.29 is 14.3 Å². The Labute approximate surface area is 108 Å². The van der Waals surface area contributed by atoms with Gasteiger partial charge in [0.2, 0.25) is 0 Å². The summed E-state index contributed by atoms with van der Waals surface area (Å²) in [5, 5.41) is 0. The predicted molar refractivity (Wildman–Crippen MR) is 71.9 cm³/mol. The molecule has 0 heterocycles. The SMILES string of the molecule is CCO/C(=C/C(=O)OC(C)(C)C)c1ccccc1. The van der Waals surface area contributed by atoms with Crippen molar-refractivity contribution in [3.63, 3.8) is 0 Å². The molecule has 0 aliphatic heterocycles. The average Bonchev–Trinajstić information content (AvgIpc) is 2.27. The van der Waals surface area contributed by atoms with E-state index in [1.165, 1.54) is 6.08 Å². The first-order valence-electron chi connectivity index (χ1n) is 6.05. The first kappa shape index (κ1) is 14.3. The molecule has 98 valence electrons. The maximum Gasteiger partial charge on any atom is 0.335 e. The molecule has 18 heavy (non-hydrogen) atoms. The van der Waals surface area contributed by atoms with Crippen molar-refractivity contribution in [1.29, 1.82) is 0 Å². The Kier molecular flexibility index (Phi) is 4.95. The van der Waals surface area contributed by atoms with Crippen LogP contribution >= 0.6 is 0 Å². The summed E-state index contributed by atoms with van der Waals surface area (Å²) in [6.07, 6.45) is 1.39. The first-order valence-corrected chi connectivity index (χ1v) is 6.05. The van der Waals surface area contributed by atoms with E-state index in [0.29, 0.717) is 12.4 Å². The lowest BCUT2D eigenvalue weighted by Gasteiger charge is -2.18. The number of carbonyl (C=O) groups excluding carboxylic acids is 1. The van der Waals surface area contributed by atoms with Gasteiger partial charge in [-0.3, -0.25) is 0 Å². The zero-order chi connectivity index (χ0) is 13.6. The van der Waals surface area contributed by atoms with Crippen molar-refractivity contribution in [1.82, 2.24) is 0 Å². The lowest BCUT2D eigenvalue weighted by Crippen LogP contribution is -2.22. The molecule has 0 saturated carbocycles. The van der Waals surface area contributed by atoms with Crippen LogP contribution in [0.15, 0.2) is 36.4 Å². The van der Waals surface area contributed by atoms with Crippen LogP contribution in [0.2, 0.25) is 0 Å². The molecule has 0 atom stereocenters. The summed E-state index contributed by atoms with van der Waals surface area (Å²) in [6.45, 7) is 7.89. The number of hydrogen-bond donors (Lipinski definition) is 0. The van der Waals surface area contributed by atoms with Gasteiger partial charge < -0.3 is 9.47 Å². The molecule has 0 bridgehead atoms. The van der Waals surface area contributed by atoms with Crippen LogP contribution in [-0.4, -0.2) is 18.2 Å². The van der Waals surface area contributed by atoms with E-state index in [1.54, 1.807) is 0 Å². The second-order valence-corrected chi connectivity index (χ2v) is 4.84. The summed E-state index contributed by atoms with van der Waals surface area (Å²) in [5.41, 5.74) is 0.368. The molecule has 3 nitrogen and oxygen atoms in total. The van der Waals surface area contributed by atoms with Gasteiger partial charge in [-0.2, -0.15) is 0 Å². The number of benzene rings is 1. The summed E-state index contributed by atoms with van der Waals surface area (Å²) in [7, 11) is 0. The Balaban J connectivity index is 2.89. The Morgan fingerprint density at radius 1 is 1.22 bits per heavy atom. The zero-order valence-electron chi connectivity index (χ0n) is 11.4. The summed E-state index contributed by atoms with van der Waals surface area (Å²) < 4.78 is 10.7. The van der Waals surface area contributed by atoms with Gasteiger partial charge in [-0.1, -0.05) is 30.3 Å². The maximum absolute atomic E-state index is 11.7. The maximum atomic E-state index is 11.7. The predicted octanol–water partition coefficient (Wildman–Crippen LogP) is 3.41. The molecule has 1 aromatic carbocycles. The van der Waals surface area contributed by atoms with Crippen molar-refractivity contribution in [2.24, 2.45) is 0 Å². The van der Waals surface area contributed by atoms with Gasteiger partial charge >= 0.3 is 5.97 Å². The number of esters is 1. The smallest absolute Gasteiger partial charge is 0.335 e. The van der Waals surface area contributed by atoms with Crippen LogP contribution in [0.1, 0.15) is 33.3 Å². The van der Waals surface area contributed by atoms with Crippen LogP contribution in [0.4, 0.5) is 0 Å². The zero-order valence-corrected chi connectivity index (χ0v) is 11.4. The molecule has 0 unspecified atom stereocenters. The minimum absolute atomic E-state index is 0.394. The number of carbonyl (C=O) groups is 1. The van der Waals surface area contributed by atoms with Crippen molar-refractivity contribution in [2.45, 2.75) is 33.3 Å². The summed E-state index contributed by atoms with van der Waals surface area (Å²) >= 11 is 0. The van der Waals surface area contributed by atoms with Gasteiger partial charge in [0.1, 0.15) is 11.4 Å². The summed E-state index contributed by atoms with van der Waals surface area (Å²) in [4.78, 5) is 11.7.